The molecule has 0 aliphatic rings. The van der Waals surface area contributed by atoms with E-state index >= 15 is 0 Å². The molecule has 0 rings (SSSR count). The Morgan fingerprint density at radius 2 is 1.22 bits per heavy atom. The van der Waals surface area contributed by atoms with Crippen molar-refractivity contribution in [3.8, 4) is 0 Å². The van der Waals surface area contributed by atoms with Crippen LogP contribution >= 0.6 is 12.7 Å². The zero-order chi connectivity index (χ0) is 6.50. The van der Waals surface area contributed by atoms with Crippen molar-refractivity contribution < 1.29 is 19.2 Å². The number of rotatable bonds is 0. The summed E-state index contributed by atoms with van der Waals surface area (Å²) in [5.74, 6) is 0. The Kier molecular flexibility index (Phi) is 39.7. The Bertz CT molecular complexity index is 66.7. The van der Waals surface area contributed by atoms with Gasteiger partial charge in [-0.2, -0.15) is 0 Å². The fraction of sp³-hybridized carbons (Fsp3) is 0. The van der Waals surface area contributed by atoms with Gasteiger partial charge in [0.25, 0.3) is 0 Å². The first-order valence-corrected chi connectivity index (χ1v) is 7.09. The van der Waals surface area contributed by atoms with Gasteiger partial charge in [-0.3, -0.25) is 0 Å². The number of halogens is 1. The normalized spacial score (nSPS) is 7.33. The van der Waals surface area contributed by atoms with Crippen LogP contribution in [-0.4, -0.2) is 143 Å². The second-order valence-electron chi connectivity index (χ2n) is 0.513. The van der Waals surface area contributed by atoms with Crippen LogP contribution in [0, 0.1) is 0 Å². The molecule has 0 aliphatic carbocycles. The SMILES string of the molecule is O=P(O)(O)O.[BaH2].[CaH2].[Cl][Sr+]. The van der Waals surface area contributed by atoms with E-state index in [1.165, 1.54) is 0 Å². The average Bonchev–Trinajstić information content (AvgIpc) is 1.36. The van der Waals surface area contributed by atoms with Crippen molar-refractivity contribution in [3.05, 3.63) is 0 Å². The Hall–Kier alpha value is 4.71. The molecule has 0 saturated carbocycles. The molecular weight excluding hydrogens is 395 g/mol. The van der Waals surface area contributed by atoms with E-state index in [1.54, 1.807) is 0 Å². The van der Waals surface area contributed by atoms with Gasteiger partial charge in [0.05, 0.1) is 0 Å². The third-order valence-corrected chi connectivity index (χ3v) is 0. The third kappa shape index (κ3) is 65.7. The van der Waals surface area contributed by atoms with Crippen LogP contribution < -0.4 is 0 Å². The molecule has 0 radical (unpaired) electrons. The second-order valence-corrected chi connectivity index (χ2v) is 1.54. The van der Waals surface area contributed by atoms with Crippen LogP contribution in [-0.2, 0) is 4.57 Å². The summed E-state index contributed by atoms with van der Waals surface area (Å²) in [5, 5.41) is 0. The monoisotopic (exact) mass is 403 g/mol. The minimum atomic E-state index is -4.64. The zero-order valence-electron chi connectivity index (χ0n) is 3.28. The predicted molar refractivity (Wildman–Crippen MR) is 43.0 cm³/mol. The standard InChI is InChI=1S/Ba.Ca.ClH.H3O4P.Sr.4H/c;;;1-5(2,3)4;;;;;/h;;1H;(H3,1,2,3,4);;;;;/q;;;;+2;;;;/p-1. The summed E-state index contributed by atoms with van der Waals surface area (Å²) >= 11 is 0.622. The number of hydrogen-bond acceptors (Lipinski definition) is 1. The molecule has 4 nitrogen and oxygen atoms in total. The van der Waals surface area contributed by atoms with E-state index in [-0.39, 0.29) is 86.6 Å². The summed E-state index contributed by atoms with van der Waals surface area (Å²) in [6.07, 6.45) is 0. The summed E-state index contributed by atoms with van der Waals surface area (Å²) in [6.45, 7) is 0. The molecular formula is H7BaCaClO4PSr+. The average molecular weight is 403 g/mol. The van der Waals surface area contributed by atoms with Gasteiger partial charge in [-0.15, -0.1) is 0 Å². The van der Waals surface area contributed by atoms with E-state index < -0.39 is 7.82 Å². The van der Waals surface area contributed by atoms with E-state index in [4.69, 9.17) is 24.2 Å². The van der Waals surface area contributed by atoms with E-state index in [0.29, 0.717) is 41.6 Å². The Balaban J connectivity index is -0.0000000286. The van der Waals surface area contributed by atoms with Gasteiger partial charge in [-0.1, -0.05) is 0 Å². The van der Waals surface area contributed by atoms with E-state index in [0.717, 1.165) is 0 Å². The Labute approximate surface area is 155 Å². The molecule has 0 aromatic carbocycles. The molecule has 0 aliphatic heterocycles. The van der Waals surface area contributed by atoms with Crippen molar-refractivity contribution in [1.29, 1.82) is 0 Å². The van der Waals surface area contributed by atoms with Gasteiger partial charge in [0, 0.05) is 0 Å². The molecule has 0 bridgehead atoms. The van der Waals surface area contributed by atoms with Crippen LogP contribution in [0.2, 0.25) is 0 Å². The van der Waals surface area contributed by atoms with Gasteiger partial charge < -0.3 is 14.7 Å². The first kappa shape index (κ1) is 23.5. The Morgan fingerprint density at radius 1 is 1.22 bits per heavy atom. The number of phosphoric acid groups is 1. The fourth-order valence-corrected chi connectivity index (χ4v) is 0. The molecule has 0 aromatic rings. The molecule has 0 fully saturated rings. The number of hydrogen-bond donors (Lipinski definition) is 3. The molecule has 0 amide bonds. The maximum absolute atomic E-state index is 8.88. The van der Waals surface area contributed by atoms with Crippen LogP contribution in [0.3, 0.4) is 0 Å². The molecule has 0 aromatic heterocycles. The third-order valence-electron chi connectivity index (χ3n) is 0. The fourth-order valence-electron chi connectivity index (χ4n) is 0. The van der Waals surface area contributed by atoms with Gasteiger partial charge in [0.15, 0.2) is 0 Å². The topological polar surface area (TPSA) is 77.8 Å². The molecule has 0 saturated heterocycles. The summed E-state index contributed by atoms with van der Waals surface area (Å²) in [6, 6.07) is 0. The van der Waals surface area contributed by atoms with Crippen molar-refractivity contribution in [2.45, 2.75) is 0 Å². The molecule has 0 spiro atoms. The first-order chi connectivity index (χ1) is 3.00. The molecule has 0 atom stereocenters. The summed E-state index contributed by atoms with van der Waals surface area (Å²) in [4.78, 5) is 26.4. The molecule has 0 unspecified atom stereocenters. The van der Waals surface area contributed by atoms with Gasteiger partial charge in [-0.05, 0) is 0 Å². The summed E-state index contributed by atoms with van der Waals surface area (Å²) in [5.41, 5.74) is 0. The van der Waals surface area contributed by atoms with Gasteiger partial charge in [-0.25, -0.2) is 4.57 Å². The quantitative estimate of drug-likeness (QED) is 0.311. The molecule has 0 heterocycles. The van der Waals surface area contributed by atoms with E-state index in [2.05, 4.69) is 0 Å². The maximum atomic E-state index is 8.88. The molecule has 9 heavy (non-hydrogen) atoms. The van der Waals surface area contributed by atoms with E-state index in [1.807, 2.05) is 0 Å². The van der Waals surface area contributed by atoms with Crippen LogP contribution in [0.15, 0.2) is 0 Å². The van der Waals surface area contributed by atoms with Crippen molar-refractivity contribution >= 4 is 141 Å². The van der Waals surface area contributed by atoms with Crippen molar-refractivity contribution in [3.63, 3.8) is 0 Å². The first-order valence-electron chi connectivity index (χ1n) is 1.05. The minimum absolute atomic E-state index is 0. The Morgan fingerprint density at radius 3 is 1.22 bits per heavy atom. The molecule has 9 heteroatoms. The zero-order valence-corrected chi connectivity index (χ0v) is 8.41. The molecule has 3 N–H and O–H groups in total. The summed E-state index contributed by atoms with van der Waals surface area (Å²) in [7, 11) is -4.64. The summed E-state index contributed by atoms with van der Waals surface area (Å²) < 4.78 is 8.88. The molecule has 48 valence electrons. The van der Waals surface area contributed by atoms with Gasteiger partial charge in [0.2, 0.25) is 0 Å². The van der Waals surface area contributed by atoms with Crippen LogP contribution in [0.5, 0.6) is 0 Å². The van der Waals surface area contributed by atoms with Crippen molar-refractivity contribution in [1.82, 2.24) is 0 Å². The van der Waals surface area contributed by atoms with Crippen molar-refractivity contribution in [2.24, 2.45) is 0 Å². The predicted octanol–water partition coefficient (Wildman–Crippen LogP) is -2.45. The second kappa shape index (κ2) is 15.2. The van der Waals surface area contributed by atoms with Crippen LogP contribution in [0.1, 0.15) is 0 Å². The van der Waals surface area contributed by atoms with Gasteiger partial charge in [0.1, 0.15) is 0 Å². The van der Waals surface area contributed by atoms with E-state index in [9.17, 15) is 0 Å². The van der Waals surface area contributed by atoms with Crippen molar-refractivity contribution in [2.75, 3.05) is 0 Å². The van der Waals surface area contributed by atoms with Crippen LogP contribution in [0.4, 0.5) is 0 Å². The van der Waals surface area contributed by atoms with Crippen LogP contribution in [0.25, 0.3) is 0 Å². The van der Waals surface area contributed by atoms with Gasteiger partial charge >= 0.3 is 141 Å².